The van der Waals surface area contributed by atoms with E-state index in [1.54, 1.807) is 18.2 Å². The molecule has 0 aliphatic carbocycles. The normalized spacial score (nSPS) is 18.1. The number of benzene rings is 2. The zero-order valence-electron chi connectivity index (χ0n) is 11.9. The molecule has 112 valence electrons. The first-order valence-electron chi connectivity index (χ1n) is 7.11. The average molecular weight is 296 g/mol. The van der Waals surface area contributed by atoms with Crippen molar-refractivity contribution in [2.24, 2.45) is 11.1 Å². The highest BCUT2D eigenvalue weighted by atomic mass is 16.6. The fourth-order valence-electron chi connectivity index (χ4n) is 2.42. The van der Waals surface area contributed by atoms with Crippen molar-refractivity contribution in [1.82, 2.24) is 5.32 Å². The highest BCUT2D eigenvalue weighted by molar-refractivity contribution is 6.13. The molecule has 1 atom stereocenters. The molecule has 1 saturated heterocycles. The second-order valence-corrected chi connectivity index (χ2v) is 5.06. The summed E-state index contributed by atoms with van der Waals surface area (Å²) < 4.78 is 0. The third kappa shape index (κ3) is 3.09. The number of rotatable bonds is 4. The lowest BCUT2D eigenvalue weighted by atomic mass is 9.95. The summed E-state index contributed by atoms with van der Waals surface area (Å²) in [5.74, 6) is 0.168. The Morgan fingerprint density at radius 2 is 2.00 bits per heavy atom. The van der Waals surface area contributed by atoms with E-state index in [2.05, 4.69) is 10.5 Å². The van der Waals surface area contributed by atoms with Crippen molar-refractivity contribution in [2.45, 2.75) is 6.42 Å². The van der Waals surface area contributed by atoms with Gasteiger partial charge in [0.1, 0.15) is 11.5 Å². The summed E-state index contributed by atoms with van der Waals surface area (Å²) in [7, 11) is 0. The molecule has 5 nitrogen and oxygen atoms in total. The van der Waals surface area contributed by atoms with Gasteiger partial charge in [-0.05, 0) is 18.6 Å². The quantitative estimate of drug-likeness (QED) is 0.672. The van der Waals surface area contributed by atoms with E-state index in [0.29, 0.717) is 24.4 Å². The van der Waals surface area contributed by atoms with Gasteiger partial charge in [-0.25, -0.2) is 0 Å². The number of nitrogens with zero attached hydrogens (tertiary/aromatic N) is 1. The van der Waals surface area contributed by atoms with Crippen LogP contribution < -0.4 is 10.2 Å². The topological polar surface area (TPSA) is 70.9 Å². The van der Waals surface area contributed by atoms with Crippen LogP contribution in [0.3, 0.4) is 0 Å². The first kappa shape index (κ1) is 14.1. The number of aromatic hydroxyl groups is 1. The third-order valence-electron chi connectivity index (χ3n) is 3.52. The Morgan fingerprint density at radius 1 is 1.18 bits per heavy atom. The predicted octanol–water partition coefficient (Wildman–Crippen LogP) is 2.31. The molecule has 0 radical (unpaired) electrons. The summed E-state index contributed by atoms with van der Waals surface area (Å²) in [6.07, 6.45) is 0.690. The molecule has 1 amide bonds. The Kier molecular flexibility index (Phi) is 4.05. The maximum atomic E-state index is 12.0. The van der Waals surface area contributed by atoms with Crippen LogP contribution in [-0.2, 0) is 4.79 Å². The molecule has 2 aromatic rings. The lowest BCUT2D eigenvalue weighted by molar-refractivity contribution is -0.120. The number of oxime groups is 1. The lowest BCUT2D eigenvalue weighted by Crippen LogP contribution is -2.26. The van der Waals surface area contributed by atoms with E-state index >= 15 is 0 Å². The Labute approximate surface area is 128 Å². The molecular weight excluding hydrogens is 280 g/mol. The molecule has 0 bridgehead atoms. The second-order valence-electron chi connectivity index (χ2n) is 5.06. The van der Waals surface area contributed by atoms with Crippen molar-refractivity contribution >= 4 is 11.6 Å². The average Bonchev–Trinajstić information content (AvgIpc) is 2.95. The zero-order chi connectivity index (χ0) is 15.4. The molecular formula is C17H16N2O3. The van der Waals surface area contributed by atoms with Gasteiger partial charge < -0.3 is 15.3 Å². The molecule has 2 N–H and O–H groups in total. The van der Waals surface area contributed by atoms with Crippen molar-refractivity contribution in [3.63, 3.8) is 0 Å². The van der Waals surface area contributed by atoms with E-state index in [4.69, 9.17) is 4.84 Å². The summed E-state index contributed by atoms with van der Waals surface area (Å²) >= 11 is 0. The van der Waals surface area contributed by atoms with Gasteiger partial charge in [0.05, 0.1) is 5.92 Å². The summed E-state index contributed by atoms with van der Waals surface area (Å²) in [5.41, 5.74) is 1.45. The molecule has 0 spiro atoms. The molecule has 0 saturated carbocycles. The SMILES string of the molecule is O=C1NCCC1/C(=N\Oc1cccc(O)c1)c1ccccc1. The minimum Gasteiger partial charge on any atom is -0.508 e. The lowest BCUT2D eigenvalue weighted by Gasteiger charge is -2.11. The molecule has 1 aliphatic rings. The number of carbonyl (C=O) groups is 1. The van der Waals surface area contributed by atoms with E-state index < -0.39 is 0 Å². The molecule has 1 aliphatic heterocycles. The van der Waals surface area contributed by atoms with Crippen LogP contribution in [0.25, 0.3) is 0 Å². The van der Waals surface area contributed by atoms with Gasteiger partial charge in [0.15, 0.2) is 5.75 Å². The van der Waals surface area contributed by atoms with Gasteiger partial charge in [-0.2, -0.15) is 0 Å². The molecule has 1 fully saturated rings. The maximum absolute atomic E-state index is 12.0. The smallest absolute Gasteiger partial charge is 0.229 e. The molecule has 5 heteroatoms. The summed E-state index contributed by atoms with van der Waals surface area (Å²) in [6, 6.07) is 15.9. The van der Waals surface area contributed by atoms with Crippen molar-refractivity contribution in [3.05, 3.63) is 60.2 Å². The number of hydrogen-bond acceptors (Lipinski definition) is 4. The molecule has 3 rings (SSSR count). The molecule has 1 heterocycles. The highest BCUT2D eigenvalue weighted by Crippen LogP contribution is 2.21. The third-order valence-corrected chi connectivity index (χ3v) is 3.52. The molecule has 0 aromatic heterocycles. The standard InChI is InChI=1S/C17H16N2O3/c20-13-7-4-8-14(11-13)22-19-16(12-5-2-1-3-6-12)15-9-10-18-17(15)21/h1-8,11,15,20H,9-10H2,(H,18,21)/b19-16-. The molecule has 2 aromatic carbocycles. The number of phenols is 1. The van der Waals surface area contributed by atoms with Gasteiger partial charge in [-0.3, -0.25) is 4.79 Å². The first-order valence-corrected chi connectivity index (χ1v) is 7.11. The van der Waals surface area contributed by atoms with E-state index in [-0.39, 0.29) is 17.6 Å². The van der Waals surface area contributed by atoms with E-state index in [1.165, 1.54) is 6.07 Å². The molecule has 22 heavy (non-hydrogen) atoms. The van der Waals surface area contributed by atoms with E-state index in [9.17, 15) is 9.90 Å². The van der Waals surface area contributed by atoms with Crippen LogP contribution in [0.5, 0.6) is 11.5 Å². The van der Waals surface area contributed by atoms with Gasteiger partial charge in [0.2, 0.25) is 5.91 Å². The second kappa shape index (κ2) is 6.30. The number of amides is 1. The van der Waals surface area contributed by atoms with E-state index in [1.807, 2.05) is 30.3 Å². The van der Waals surface area contributed by atoms with Crippen molar-refractivity contribution in [3.8, 4) is 11.5 Å². The number of carbonyl (C=O) groups excluding carboxylic acids is 1. The zero-order valence-corrected chi connectivity index (χ0v) is 11.9. The van der Waals surface area contributed by atoms with Crippen molar-refractivity contribution in [2.75, 3.05) is 6.54 Å². The monoisotopic (exact) mass is 296 g/mol. The number of nitrogens with one attached hydrogen (secondary N) is 1. The van der Waals surface area contributed by atoms with E-state index in [0.717, 1.165) is 5.56 Å². The Morgan fingerprint density at radius 3 is 2.68 bits per heavy atom. The van der Waals surface area contributed by atoms with Gasteiger partial charge in [-0.15, -0.1) is 0 Å². The van der Waals surface area contributed by atoms with Crippen LogP contribution in [-0.4, -0.2) is 23.3 Å². The van der Waals surface area contributed by atoms with Gasteiger partial charge in [0, 0.05) is 18.2 Å². The fourth-order valence-corrected chi connectivity index (χ4v) is 2.42. The van der Waals surface area contributed by atoms with Crippen LogP contribution in [0.1, 0.15) is 12.0 Å². The minimum atomic E-state index is -0.320. The Bertz CT molecular complexity index is 698. The number of hydrogen-bond donors (Lipinski definition) is 2. The maximum Gasteiger partial charge on any atom is 0.229 e. The Balaban J connectivity index is 1.91. The van der Waals surface area contributed by atoms with Crippen LogP contribution in [0.15, 0.2) is 59.8 Å². The van der Waals surface area contributed by atoms with Crippen molar-refractivity contribution < 1.29 is 14.7 Å². The van der Waals surface area contributed by atoms with Gasteiger partial charge in [-0.1, -0.05) is 41.6 Å². The first-order chi connectivity index (χ1) is 10.7. The summed E-state index contributed by atoms with van der Waals surface area (Å²) in [6.45, 7) is 0.640. The van der Waals surface area contributed by atoms with Crippen LogP contribution in [0.4, 0.5) is 0 Å². The minimum absolute atomic E-state index is 0.0397. The van der Waals surface area contributed by atoms with Crippen LogP contribution in [0, 0.1) is 5.92 Å². The predicted molar refractivity (Wildman–Crippen MR) is 82.8 cm³/mol. The largest absolute Gasteiger partial charge is 0.508 e. The summed E-state index contributed by atoms with van der Waals surface area (Å²) in [5, 5.41) is 16.5. The number of phenolic OH excluding ortho intramolecular Hbond substituents is 1. The fraction of sp³-hybridized carbons (Fsp3) is 0.176. The summed E-state index contributed by atoms with van der Waals surface area (Å²) in [4.78, 5) is 17.4. The van der Waals surface area contributed by atoms with Crippen LogP contribution in [0.2, 0.25) is 0 Å². The van der Waals surface area contributed by atoms with Gasteiger partial charge >= 0.3 is 0 Å². The van der Waals surface area contributed by atoms with Gasteiger partial charge in [0.25, 0.3) is 0 Å². The Hall–Kier alpha value is -2.82. The molecule has 1 unspecified atom stereocenters. The van der Waals surface area contributed by atoms with Crippen molar-refractivity contribution in [1.29, 1.82) is 0 Å². The highest BCUT2D eigenvalue weighted by Gasteiger charge is 2.30. The van der Waals surface area contributed by atoms with Crippen LogP contribution >= 0.6 is 0 Å².